The van der Waals surface area contributed by atoms with Gasteiger partial charge >= 0.3 is 0 Å². The van der Waals surface area contributed by atoms with Gasteiger partial charge in [0.05, 0.1) is 23.7 Å². The first kappa shape index (κ1) is 21.1. The van der Waals surface area contributed by atoms with Gasteiger partial charge in [-0.15, -0.1) is 0 Å². The van der Waals surface area contributed by atoms with E-state index in [0.717, 1.165) is 5.56 Å². The summed E-state index contributed by atoms with van der Waals surface area (Å²) in [5.41, 5.74) is 2.84. The van der Waals surface area contributed by atoms with Crippen LogP contribution in [0.3, 0.4) is 0 Å². The molecule has 3 aromatic carbocycles. The number of rotatable bonds is 6. The highest BCUT2D eigenvalue weighted by Gasteiger charge is 2.11. The number of nitrogens with one attached hydrogen (secondary N) is 1. The Morgan fingerprint density at radius 3 is 2.50 bits per heavy atom. The lowest BCUT2D eigenvalue weighted by atomic mass is 10.2. The molecule has 32 heavy (non-hydrogen) atoms. The topological polar surface area (TPSA) is 82.4 Å². The number of fused-ring (bicyclic) bond motifs is 1. The van der Waals surface area contributed by atoms with Crippen LogP contribution in [0.25, 0.3) is 16.6 Å². The highest BCUT2D eigenvalue weighted by atomic mass is 16.5. The van der Waals surface area contributed by atoms with Gasteiger partial charge < -0.3 is 14.8 Å². The van der Waals surface area contributed by atoms with E-state index in [1.165, 1.54) is 0 Å². The molecular weight excluding hydrogens is 406 g/mol. The Labute approximate surface area is 185 Å². The Morgan fingerprint density at radius 2 is 1.75 bits per heavy atom. The number of methoxy groups -OCH3 is 1. The highest BCUT2D eigenvalue weighted by Crippen LogP contribution is 2.27. The van der Waals surface area contributed by atoms with Crippen LogP contribution in [0.1, 0.15) is 11.4 Å². The second-order valence-corrected chi connectivity index (χ2v) is 7.35. The Hall–Kier alpha value is -4.13. The number of aromatic nitrogens is 2. The molecule has 0 bridgehead atoms. The Morgan fingerprint density at radius 1 is 1.00 bits per heavy atom. The molecule has 0 fully saturated rings. The zero-order valence-electron chi connectivity index (χ0n) is 18.1. The van der Waals surface area contributed by atoms with Crippen LogP contribution in [-0.2, 0) is 4.79 Å². The van der Waals surface area contributed by atoms with Crippen molar-refractivity contribution >= 4 is 22.5 Å². The molecule has 7 heteroatoms. The van der Waals surface area contributed by atoms with E-state index in [9.17, 15) is 9.59 Å². The van der Waals surface area contributed by atoms with Crippen molar-refractivity contribution in [2.75, 3.05) is 19.0 Å². The standard InChI is InChI=1S/C25H23N3O4/c1-16-8-13-22(23(14-16)31-3)32-15-24(29)27-18-9-11-19(12-10-18)28-17(2)26-21-7-5-4-6-20(21)25(28)30/h4-14H,15H2,1-3H3,(H,27,29). The fourth-order valence-corrected chi connectivity index (χ4v) is 3.48. The summed E-state index contributed by atoms with van der Waals surface area (Å²) in [7, 11) is 1.56. The third-order valence-electron chi connectivity index (χ3n) is 5.03. The maximum Gasteiger partial charge on any atom is 0.265 e. The van der Waals surface area contributed by atoms with E-state index in [1.807, 2.05) is 37.3 Å². The first-order valence-corrected chi connectivity index (χ1v) is 10.1. The van der Waals surface area contributed by atoms with E-state index < -0.39 is 0 Å². The Bertz CT molecular complexity index is 1340. The number of para-hydroxylation sites is 1. The molecule has 4 rings (SSSR count). The van der Waals surface area contributed by atoms with Crippen molar-refractivity contribution < 1.29 is 14.3 Å². The Balaban J connectivity index is 1.47. The molecule has 0 aliphatic heterocycles. The van der Waals surface area contributed by atoms with Gasteiger partial charge in [-0.1, -0.05) is 18.2 Å². The number of anilines is 1. The van der Waals surface area contributed by atoms with Crippen LogP contribution < -0.4 is 20.3 Å². The number of carbonyl (C=O) groups excluding carboxylic acids is 1. The van der Waals surface area contributed by atoms with Gasteiger partial charge in [-0.2, -0.15) is 0 Å². The van der Waals surface area contributed by atoms with Crippen molar-refractivity contribution in [3.63, 3.8) is 0 Å². The zero-order valence-corrected chi connectivity index (χ0v) is 18.1. The summed E-state index contributed by atoms with van der Waals surface area (Å²) in [6.07, 6.45) is 0. The normalized spacial score (nSPS) is 10.7. The quantitative estimate of drug-likeness (QED) is 0.500. The van der Waals surface area contributed by atoms with Crippen molar-refractivity contribution in [3.05, 3.63) is 88.5 Å². The van der Waals surface area contributed by atoms with E-state index in [-0.39, 0.29) is 18.1 Å². The monoisotopic (exact) mass is 429 g/mol. The van der Waals surface area contributed by atoms with Crippen molar-refractivity contribution in [2.45, 2.75) is 13.8 Å². The van der Waals surface area contributed by atoms with Gasteiger partial charge in [0, 0.05) is 5.69 Å². The molecule has 7 nitrogen and oxygen atoms in total. The maximum atomic E-state index is 12.9. The highest BCUT2D eigenvalue weighted by molar-refractivity contribution is 5.92. The molecule has 0 spiro atoms. The summed E-state index contributed by atoms with van der Waals surface area (Å²) >= 11 is 0. The van der Waals surface area contributed by atoms with Crippen LogP contribution in [-0.4, -0.2) is 29.2 Å². The molecule has 0 saturated carbocycles. The summed E-state index contributed by atoms with van der Waals surface area (Å²) in [6, 6.07) is 19.8. The smallest absolute Gasteiger partial charge is 0.265 e. The number of hydrogen-bond donors (Lipinski definition) is 1. The Kier molecular flexibility index (Phi) is 5.89. The summed E-state index contributed by atoms with van der Waals surface area (Å²) in [5, 5.41) is 3.35. The van der Waals surface area contributed by atoms with Crippen molar-refractivity contribution in [1.29, 1.82) is 0 Å². The zero-order chi connectivity index (χ0) is 22.7. The number of aryl methyl sites for hydroxylation is 2. The summed E-state index contributed by atoms with van der Waals surface area (Å²) in [6.45, 7) is 3.58. The number of ether oxygens (including phenoxy) is 2. The lowest BCUT2D eigenvalue weighted by Gasteiger charge is -2.13. The van der Waals surface area contributed by atoms with E-state index in [4.69, 9.17) is 9.47 Å². The first-order chi connectivity index (χ1) is 15.5. The molecule has 1 aromatic heterocycles. The van der Waals surface area contributed by atoms with Crippen LogP contribution in [0.5, 0.6) is 11.5 Å². The predicted molar refractivity (Wildman–Crippen MR) is 124 cm³/mol. The minimum absolute atomic E-state index is 0.134. The minimum atomic E-state index is -0.305. The first-order valence-electron chi connectivity index (χ1n) is 10.1. The maximum absolute atomic E-state index is 12.9. The van der Waals surface area contributed by atoms with Gasteiger partial charge in [-0.05, 0) is 67.9 Å². The molecule has 4 aromatic rings. The minimum Gasteiger partial charge on any atom is -0.493 e. The van der Waals surface area contributed by atoms with Gasteiger partial charge in [0.15, 0.2) is 18.1 Å². The molecule has 0 unspecified atom stereocenters. The van der Waals surface area contributed by atoms with Crippen LogP contribution >= 0.6 is 0 Å². The number of hydrogen-bond acceptors (Lipinski definition) is 5. The fourth-order valence-electron chi connectivity index (χ4n) is 3.48. The molecular formula is C25H23N3O4. The van der Waals surface area contributed by atoms with E-state index in [1.54, 1.807) is 55.0 Å². The van der Waals surface area contributed by atoms with Gasteiger partial charge in [-0.25, -0.2) is 4.98 Å². The second-order valence-electron chi connectivity index (χ2n) is 7.35. The third kappa shape index (κ3) is 4.32. The molecule has 0 atom stereocenters. The molecule has 0 aliphatic rings. The van der Waals surface area contributed by atoms with Gasteiger partial charge in [0.2, 0.25) is 0 Å². The van der Waals surface area contributed by atoms with Gasteiger partial charge in [0.25, 0.3) is 11.5 Å². The van der Waals surface area contributed by atoms with Crippen molar-refractivity contribution in [3.8, 4) is 17.2 Å². The van der Waals surface area contributed by atoms with Crippen LogP contribution in [0, 0.1) is 13.8 Å². The van der Waals surface area contributed by atoms with E-state index >= 15 is 0 Å². The van der Waals surface area contributed by atoms with Crippen LogP contribution in [0.15, 0.2) is 71.5 Å². The van der Waals surface area contributed by atoms with E-state index in [2.05, 4.69) is 10.3 Å². The predicted octanol–water partition coefficient (Wildman–Crippen LogP) is 4.03. The number of benzene rings is 3. The number of nitrogens with zero attached hydrogens (tertiary/aromatic N) is 2. The molecule has 1 amide bonds. The SMILES string of the molecule is COc1cc(C)ccc1OCC(=O)Nc1ccc(-n2c(C)nc3ccccc3c2=O)cc1. The molecule has 1 heterocycles. The summed E-state index contributed by atoms with van der Waals surface area (Å²) < 4.78 is 12.4. The lowest BCUT2D eigenvalue weighted by Crippen LogP contribution is -2.22. The average Bonchev–Trinajstić information content (AvgIpc) is 2.79. The fraction of sp³-hybridized carbons (Fsp3) is 0.160. The van der Waals surface area contributed by atoms with Crippen molar-refractivity contribution in [1.82, 2.24) is 9.55 Å². The van der Waals surface area contributed by atoms with Gasteiger partial charge in [0.1, 0.15) is 5.82 Å². The largest absolute Gasteiger partial charge is 0.493 e. The van der Waals surface area contributed by atoms with Crippen molar-refractivity contribution in [2.24, 2.45) is 0 Å². The van der Waals surface area contributed by atoms with E-state index in [0.29, 0.717) is 39.6 Å². The third-order valence-corrected chi connectivity index (χ3v) is 5.03. The molecule has 0 saturated heterocycles. The number of carbonyl (C=O) groups is 1. The lowest BCUT2D eigenvalue weighted by molar-refractivity contribution is -0.118. The summed E-state index contributed by atoms with van der Waals surface area (Å²) in [4.78, 5) is 29.8. The molecule has 0 aliphatic carbocycles. The molecule has 0 radical (unpaired) electrons. The molecule has 1 N–H and O–H groups in total. The average molecular weight is 429 g/mol. The molecule has 162 valence electrons. The number of amides is 1. The summed E-state index contributed by atoms with van der Waals surface area (Å²) in [5.74, 6) is 1.36. The van der Waals surface area contributed by atoms with Crippen LogP contribution in [0.4, 0.5) is 5.69 Å². The van der Waals surface area contributed by atoms with Gasteiger partial charge in [-0.3, -0.25) is 14.2 Å². The second kappa shape index (κ2) is 8.93. The van der Waals surface area contributed by atoms with Crippen LogP contribution in [0.2, 0.25) is 0 Å².